The topological polar surface area (TPSA) is 59.3 Å². The zero-order valence-electron chi connectivity index (χ0n) is 10.5. The van der Waals surface area contributed by atoms with Gasteiger partial charge in [0.1, 0.15) is 0 Å². The average molecular weight is 292 g/mol. The van der Waals surface area contributed by atoms with Gasteiger partial charge in [-0.3, -0.25) is 4.79 Å². The molecule has 19 heavy (non-hydrogen) atoms. The predicted octanol–water partition coefficient (Wildman–Crippen LogP) is 2.69. The van der Waals surface area contributed by atoms with Gasteiger partial charge in [-0.1, -0.05) is 17.4 Å². The van der Waals surface area contributed by atoms with E-state index < -0.39 is 0 Å². The first-order valence-electron chi connectivity index (χ1n) is 5.81. The van der Waals surface area contributed by atoms with Crippen LogP contribution in [0, 0.1) is 6.92 Å². The zero-order valence-corrected chi connectivity index (χ0v) is 12.1. The molecule has 0 amide bonds. The first-order chi connectivity index (χ1) is 9.13. The molecule has 0 fully saturated rings. The highest BCUT2D eigenvalue weighted by Gasteiger charge is 2.11. The van der Waals surface area contributed by atoms with E-state index in [9.17, 15) is 4.79 Å². The molecule has 0 aromatic carbocycles. The minimum atomic E-state index is -0.143. The second-order valence-corrected chi connectivity index (χ2v) is 6.15. The lowest BCUT2D eigenvalue weighted by Crippen LogP contribution is -2.14. The Morgan fingerprint density at radius 1 is 1.47 bits per heavy atom. The molecule has 0 saturated heterocycles. The molecule has 0 bridgehead atoms. The average Bonchev–Trinajstić information content (AvgIpc) is 2.96. The molecule has 1 N–H and O–H groups in total. The third kappa shape index (κ3) is 2.39. The molecule has 3 aromatic heterocycles. The molecule has 0 spiro atoms. The lowest BCUT2D eigenvalue weighted by atomic mass is 10.3. The van der Waals surface area contributed by atoms with Crippen molar-refractivity contribution >= 4 is 32.8 Å². The summed E-state index contributed by atoms with van der Waals surface area (Å²) in [4.78, 5) is 17.9. The minimum Gasteiger partial charge on any atom is -0.353 e. The molecular weight excluding hydrogens is 280 g/mol. The zero-order chi connectivity index (χ0) is 13.4. The summed E-state index contributed by atoms with van der Waals surface area (Å²) >= 11 is 3.08. The third-order valence-corrected chi connectivity index (χ3v) is 4.58. The van der Waals surface area contributed by atoms with Gasteiger partial charge in [0.15, 0.2) is 0 Å². The molecule has 0 saturated carbocycles. The number of fused-ring (bicyclic) bond motifs is 1. The molecular formula is C12H12N4OS2. The van der Waals surface area contributed by atoms with Gasteiger partial charge in [0.25, 0.3) is 5.56 Å². The van der Waals surface area contributed by atoms with Crippen LogP contribution in [-0.4, -0.2) is 14.6 Å². The van der Waals surface area contributed by atoms with Crippen molar-refractivity contribution in [3.05, 3.63) is 44.5 Å². The smallest absolute Gasteiger partial charge is 0.275 e. The molecule has 3 aromatic rings. The molecule has 0 radical (unpaired) electrons. The molecule has 98 valence electrons. The van der Waals surface area contributed by atoms with E-state index in [0.717, 1.165) is 0 Å². The van der Waals surface area contributed by atoms with Gasteiger partial charge in [-0.15, -0.1) is 16.4 Å². The van der Waals surface area contributed by atoms with Crippen molar-refractivity contribution in [1.82, 2.24) is 14.6 Å². The van der Waals surface area contributed by atoms with Crippen LogP contribution < -0.4 is 10.9 Å². The number of nitrogens with zero attached hydrogens (tertiary/aromatic N) is 3. The summed E-state index contributed by atoms with van der Waals surface area (Å²) in [5.74, 6) is 0. The van der Waals surface area contributed by atoms with Gasteiger partial charge in [0.2, 0.25) is 10.1 Å². The van der Waals surface area contributed by atoms with Crippen LogP contribution in [0.15, 0.2) is 28.4 Å². The van der Waals surface area contributed by atoms with E-state index in [-0.39, 0.29) is 11.6 Å². The highest BCUT2D eigenvalue weighted by Crippen LogP contribution is 2.25. The number of hydrogen-bond acceptors (Lipinski definition) is 6. The van der Waals surface area contributed by atoms with Gasteiger partial charge in [-0.05, 0) is 25.3 Å². The first-order valence-corrected chi connectivity index (χ1v) is 7.50. The van der Waals surface area contributed by atoms with Crippen LogP contribution in [0.1, 0.15) is 23.5 Å². The number of aromatic nitrogens is 3. The second-order valence-electron chi connectivity index (χ2n) is 4.22. The molecule has 3 heterocycles. The van der Waals surface area contributed by atoms with Gasteiger partial charge in [-0.2, -0.15) is 4.52 Å². The molecule has 0 aliphatic heterocycles. The van der Waals surface area contributed by atoms with Gasteiger partial charge in [-0.25, -0.2) is 4.98 Å². The Kier molecular flexibility index (Phi) is 3.08. The number of rotatable bonds is 3. The van der Waals surface area contributed by atoms with E-state index >= 15 is 0 Å². The number of anilines is 1. The summed E-state index contributed by atoms with van der Waals surface area (Å²) < 4.78 is 1.33. The summed E-state index contributed by atoms with van der Waals surface area (Å²) in [6.45, 7) is 3.88. The summed E-state index contributed by atoms with van der Waals surface area (Å²) in [6.07, 6.45) is 0. The largest absolute Gasteiger partial charge is 0.353 e. The van der Waals surface area contributed by atoms with E-state index in [1.54, 1.807) is 11.3 Å². The Labute approximate surface area is 117 Å². The number of thiophene rings is 1. The lowest BCUT2D eigenvalue weighted by molar-refractivity contribution is 0.855. The van der Waals surface area contributed by atoms with Gasteiger partial charge < -0.3 is 5.32 Å². The van der Waals surface area contributed by atoms with Crippen LogP contribution in [-0.2, 0) is 0 Å². The first kappa shape index (κ1) is 12.3. The fourth-order valence-electron chi connectivity index (χ4n) is 1.77. The Morgan fingerprint density at radius 3 is 3.05 bits per heavy atom. The molecule has 1 atom stereocenters. The van der Waals surface area contributed by atoms with Crippen molar-refractivity contribution in [2.45, 2.75) is 19.9 Å². The van der Waals surface area contributed by atoms with E-state index in [1.165, 1.54) is 26.8 Å². The van der Waals surface area contributed by atoms with Crippen molar-refractivity contribution in [3.63, 3.8) is 0 Å². The lowest BCUT2D eigenvalue weighted by Gasteiger charge is -2.09. The van der Waals surface area contributed by atoms with Crippen molar-refractivity contribution in [1.29, 1.82) is 0 Å². The summed E-state index contributed by atoms with van der Waals surface area (Å²) in [7, 11) is 0. The SMILES string of the molecule is Cc1cc(=O)n2nc(NC(C)c3cccs3)sc2n1. The van der Waals surface area contributed by atoms with Gasteiger partial charge in [0.05, 0.1) is 6.04 Å². The number of hydrogen-bond donors (Lipinski definition) is 1. The molecule has 0 aliphatic rings. The van der Waals surface area contributed by atoms with Crippen molar-refractivity contribution < 1.29 is 0 Å². The molecule has 1 unspecified atom stereocenters. The highest BCUT2D eigenvalue weighted by molar-refractivity contribution is 7.20. The Bertz CT molecular complexity index is 760. The third-order valence-electron chi connectivity index (χ3n) is 2.68. The van der Waals surface area contributed by atoms with Crippen LogP contribution in [0.4, 0.5) is 5.13 Å². The van der Waals surface area contributed by atoms with Gasteiger partial charge >= 0.3 is 0 Å². The molecule has 3 rings (SSSR count). The van der Waals surface area contributed by atoms with Crippen LogP contribution in [0.25, 0.3) is 4.96 Å². The maximum Gasteiger partial charge on any atom is 0.275 e. The Morgan fingerprint density at radius 2 is 2.32 bits per heavy atom. The Balaban J connectivity index is 1.94. The number of aryl methyl sites for hydroxylation is 1. The predicted molar refractivity (Wildman–Crippen MR) is 78.2 cm³/mol. The maximum atomic E-state index is 11.8. The summed E-state index contributed by atoms with van der Waals surface area (Å²) in [5, 5.41) is 10.3. The van der Waals surface area contributed by atoms with E-state index in [1.807, 2.05) is 18.4 Å². The monoisotopic (exact) mass is 292 g/mol. The quantitative estimate of drug-likeness (QED) is 0.806. The molecule has 5 nitrogen and oxygen atoms in total. The molecule has 0 aliphatic carbocycles. The molecule has 7 heteroatoms. The summed E-state index contributed by atoms with van der Waals surface area (Å²) in [5.41, 5.74) is 0.571. The van der Waals surface area contributed by atoms with Crippen molar-refractivity contribution in [3.8, 4) is 0 Å². The normalized spacial score (nSPS) is 12.7. The van der Waals surface area contributed by atoms with Crippen LogP contribution in [0.5, 0.6) is 0 Å². The fourth-order valence-corrected chi connectivity index (χ4v) is 3.45. The highest BCUT2D eigenvalue weighted by atomic mass is 32.1. The van der Waals surface area contributed by atoms with Crippen LogP contribution in [0.2, 0.25) is 0 Å². The summed E-state index contributed by atoms with van der Waals surface area (Å²) in [6, 6.07) is 5.74. The Hall–Kier alpha value is -1.73. The van der Waals surface area contributed by atoms with E-state index in [2.05, 4.69) is 28.4 Å². The van der Waals surface area contributed by atoms with Crippen LogP contribution in [0.3, 0.4) is 0 Å². The van der Waals surface area contributed by atoms with Gasteiger partial charge in [0, 0.05) is 16.6 Å². The van der Waals surface area contributed by atoms with E-state index in [4.69, 9.17) is 0 Å². The minimum absolute atomic E-state index is 0.143. The number of nitrogens with one attached hydrogen (secondary N) is 1. The van der Waals surface area contributed by atoms with E-state index in [0.29, 0.717) is 15.8 Å². The maximum absolute atomic E-state index is 11.8. The van der Waals surface area contributed by atoms with Crippen molar-refractivity contribution in [2.75, 3.05) is 5.32 Å². The van der Waals surface area contributed by atoms with Crippen molar-refractivity contribution in [2.24, 2.45) is 0 Å². The second kappa shape index (κ2) is 4.75. The standard InChI is InChI=1S/C12H12N4OS2/c1-7-6-10(17)16-12(13-7)19-11(15-16)14-8(2)9-4-3-5-18-9/h3-6,8H,1-2H3,(H,14,15). The fraction of sp³-hybridized carbons (Fsp3) is 0.250. The van der Waals surface area contributed by atoms with Crippen LogP contribution >= 0.6 is 22.7 Å².